The minimum atomic E-state index is -1.14. The second-order valence-electron chi connectivity index (χ2n) is 15.5. The molecular weight excluding hydrogens is 664 g/mol. The molecule has 52 heavy (non-hydrogen) atoms. The standard InChI is InChI=1S/C39H64N6O7/c1-7-10-19-29(32(46)35(48)41-23-8-2)42-34(47)31-28(26(4)5)20-24-45(31)36(49)33(39(6)21-15-12-16-22-39)44-37(50)43-30(25-52-38(51)40-9-3)27-17-13-11-14-18-27/h1,26-31,33H,8-25H2,2-6H3,(H,40,51)(H,41,48)(H,42,47)(H2,43,44,50)/t28-,29?,30-,31+,33-/m1/s1. The number of alkyl carbamates (subject to hydrolysis) is 1. The zero-order valence-corrected chi connectivity index (χ0v) is 32.2. The van der Waals surface area contributed by atoms with Gasteiger partial charge in [0, 0.05) is 26.1 Å². The Labute approximate surface area is 310 Å². The van der Waals surface area contributed by atoms with Crippen LogP contribution in [0.15, 0.2) is 0 Å². The van der Waals surface area contributed by atoms with Gasteiger partial charge >= 0.3 is 12.1 Å². The number of terminal acetylenes is 1. The zero-order valence-electron chi connectivity index (χ0n) is 32.2. The molecule has 3 fully saturated rings. The monoisotopic (exact) mass is 728 g/mol. The lowest BCUT2D eigenvalue weighted by Crippen LogP contribution is -2.63. The number of carbonyl (C=O) groups is 6. The summed E-state index contributed by atoms with van der Waals surface area (Å²) in [6.45, 7) is 10.8. The van der Waals surface area contributed by atoms with E-state index in [1.54, 1.807) is 11.8 Å². The molecule has 6 amide bonds. The van der Waals surface area contributed by atoms with Gasteiger partial charge in [-0.2, -0.15) is 0 Å². The van der Waals surface area contributed by atoms with Crippen LogP contribution in [-0.4, -0.2) is 90.9 Å². The van der Waals surface area contributed by atoms with Crippen molar-refractivity contribution < 1.29 is 33.5 Å². The van der Waals surface area contributed by atoms with Crippen molar-refractivity contribution in [3.8, 4) is 12.3 Å². The van der Waals surface area contributed by atoms with Crippen LogP contribution in [0, 0.1) is 35.5 Å². The van der Waals surface area contributed by atoms with Crippen LogP contribution in [0.5, 0.6) is 0 Å². The van der Waals surface area contributed by atoms with Crippen molar-refractivity contribution in [3.05, 3.63) is 0 Å². The molecule has 0 aromatic carbocycles. The number of ketones is 1. The largest absolute Gasteiger partial charge is 0.447 e. The molecule has 3 aliphatic rings. The first-order valence-electron chi connectivity index (χ1n) is 19.7. The Bertz CT molecular complexity index is 1270. The summed E-state index contributed by atoms with van der Waals surface area (Å²) in [5.41, 5.74) is -0.565. The van der Waals surface area contributed by atoms with E-state index >= 15 is 0 Å². The van der Waals surface area contributed by atoms with Gasteiger partial charge in [0.05, 0.1) is 12.1 Å². The molecule has 0 spiro atoms. The fourth-order valence-electron chi connectivity index (χ4n) is 8.22. The van der Waals surface area contributed by atoms with Gasteiger partial charge in [0.25, 0.3) is 5.91 Å². The third-order valence-corrected chi connectivity index (χ3v) is 11.3. The molecule has 1 heterocycles. The number of carbonyl (C=O) groups excluding carboxylic acids is 6. The number of urea groups is 1. The summed E-state index contributed by atoms with van der Waals surface area (Å²) >= 11 is 0. The molecule has 0 bridgehead atoms. The number of hydrogen-bond donors (Lipinski definition) is 5. The summed E-state index contributed by atoms with van der Waals surface area (Å²) < 4.78 is 5.48. The van der Waals surface area contributed by atoms with Crippen molar-refractivity contribution >= 4 is 35.6 Å². The topological polar surface area (TPSA) is 175 Å². The Morgan fingerprint density at radius 3 is 2.19 bits per heavy atom. The molecule has 13 nitrogen and oxygen atoms in total. The van der Waals surface area contributed by atoms with Gasteiger partial charge in [0.15, 0.2) is 0 Å². The van der Waals surface area contributed by atoms with Gasteiger partial charge in [-0.1, -0.05) is 66.2 Å². The van der Waals surface area contributed by atoms with E-state index in [2.05, 4.69) is 32.5 Å². The third-order valence-electron chi connectivity index (χ3n) is 11.3. The summed E-state index contributed by atoms with van der Waals surface area (Å²) in [6.07, 6.45) is 15.7. The average Bonchev–Trinajstić information content (AvgIpc) is 3.59. The van der Waals surface area contributed by atoms with Gasteiger partial charge in [-0.15, -0.1) is 12.3 Å². The van der Waals surface area contributed by atoms with Gasteiger partial charge in [0.2, 0.25) is 17.6 Å². The van der Waals surface area contributed by atoms with Crippen molar-refractivity contribution in [1.82, 2.24) is 31.5 Å². The number of nitrogens with one attached hydrogen (secondary N) is 5. The van der Waals surface area contributed by atoms with Crippen LogP contribution in [0.4, 0.5) is 9.59 Å². The molecule has 3 rings (SSSR count). The zero-order chi connectivity index (χ0) is 38.3. The van der Waals surface area contributed by atoms with Crippen LogP contribution in [0.25, 0.3) is 0 Å². The molecule has 1 saturated heterocycles. The first-order chi connectivity index (χ1) is 24.9. The second-order valence-corrected chi connectivity index (χ2v) is 15.5. The van der Waals surface area contributed by atoms with Gasteiger partial charge in [-0.25, -0.2) is 9.59 Å². The fourth-order valence-corrected chi connectivity index (χ4v) is 8.22. The highest BCUT2D eigenvalue weighted by Gasteiger charge is 2.50. The van der Waals surface area contributed by atoms with Gasteiger partial charge < -0.3 is 36.2 Å². The Balaban J connectivity index is 1.89. The summed E-state index contributed by atoms with van der Waals surface area (Å²) in [4.78, 5) is 82.5. The van der Waals surface area contributed by atoms with E-state index in [1.807, 2.05) is 27.7 Å². The second kappa shape index (κ2) is 21.0. The quantitative estimate of drug-likeness (QED) is 0.110. The van der Waals surface area contributed by atoms with Crippen LogP contribution in [0.2, 0.25) is 0 Å². The molecule has 0 aromatic heterocycles. The average molecular weight is 729 g/mol. The lowest BCUT2D eigenvalue weighted by Gasteiger charge is -2.43. The van der Waals surface area contributed by atoms with Crippen LogP contribution < -0.4 is 26.6 Å². The van der Waals surface area contributed by atoms with E-state index in [4.69, 9.17) is 11.2 Å². The Hall–Kier alpha value is -3.82. The van der Waals surface area contributed by atoms with E-state index < -0.39 is 59.3 Å². The van der Waals surface area contributed by atoms with E-state index in [-0.39, 0.29) is 43.1 Å². The number of likely N-dealkylation sites (tertiary alicyclic amines) is 1. The molecule has 5 atom stereocenters. The summed E-state index contributed by atoms with van der Waals surface area (Å²) in [5.74, 6) is 0.0123. The van der Waals surface area contributed by atoms with E-state index in [9.17, 15) is 28.8 Å². The van der Waals surface area contributed by atoms with Crippen molar-refractivity contribution in [3.63, 3.8) is 0 Å². The molecular formula is C39H64N6O7. The van der Waals surface area contributed by atoms with Crippen molar-refractivity contribution in [2.24, 2.45) is 23.2 Å². The van der Waals surface area contributed by atoms with Crippen molar-refractivity contribution in [2.45, 2.75) is 149 Å². The van der Waals surface area contributed by atoms with Crippen LogP contribution in [0.1, 0.15) is 125 Å². The van der Waals surface area contributed by atoms with Gasteiger partial charge in [-0.05, 0) is 75.0 Å². The summed E-state index contributed by atoms with van der Waals surface area (Å²) in [7, 11) is 0. The van der Waals surface area contributed by atoms with Crippen LogP contribution >= 0.6 is 0 Å². The molecule has 2 saturated carbocycles. The predicted octanol–water partition coefficient (Wildman–Crippen LogP) is 4.19. The molecule has 1 unspecified atom stereocenters. The first kappa shape index (κ1) is 42.6. The van der Waals surface area contributed by atoms with Crippen LogP contribution in [-0.2, 0) is 23.9 Å². The Morgan fingerprint density at radius 2 is 1.58 bits per heavy atom. The summed E-state index contributed by atoms with van der Waals surface area (Å²) in [6, 6.07) is -3.92. The number of amides is 6. The Kier molecular flexibility index (Phi) is 17.2. The Morgan fingerprint density at radius 1 is 0.904 bits per heavy atom. The maximum absolute atomic E-state index is 14.8. The summed E-state index contributed by atoms with van der Waals surface area (Å²) in [5, 5.41) is 14.1. The normalized spacial score (nSPS) is 21.9. The predicted molar refractivity (Wildman–Crippen MR) is 199 cm³/mol. The first-order valence-corrected chi connectivity index (χ1v) is 19.7. The van der Waals surface area contributed by atoms with Crippen LogP contribution in [0.3, 0.4) is 0 Å². The molecule has 0 aromatic rings. The highest BCUT2D eigenvalue weighted by molar-refractivity contribution is 6.38. The minimum Gasteiger partial charge on any atom is -0.447 e. The molecule has 0 radical (unpaired) electrons. The number of ether oxygens (including phenoxy) is 1. The van der Waals surface area contributed by atoms with Gasteiger partial charge in [0.1, 0.15) is 18.7 Å². The lowest BCUT2D eigenvalue weighted by atomic mass is 9.70. The van der Waals surface area contributed by atoms with Gasteiger partial charge in [-0.3, -0.25) is 19.2 Å². The SMILES string of the molecule is C#CCCC(NC(=O)[C@@H]1[C@@H](C(C)C)CCN1C(=O)[C@@H](NC(=O)N[C@H](COC(=O)NCC)C1CCCCC1)C1(C)CCCCC1)C(=O)C(=O)NCCC. The van der Waals surface area contributed by atoms with E-state index in [1.165, 1.54) is 0 Å². The lowest BCUT2D eigenvalue weighted by molar-refractivity contribution is -0.145. The van der Waals surface area contributed by atoms with E-state index in [0.717, 1.165) is 64.2 Å². The molecule has 292 valence electrons. The maximum Gasteiger partial charge on any atom is 0.407 e. The smallest absolute Gasteiger partial charge is 0.407 e. The number of nitrogens with zero attached hydrogens (tertiary/aromatic N) is 1. The molecule has 5 N–H and O–H groups in total. The number of rotatable bonds is 17. The molecule has 2 aliphatic carbocycles. The van der Waals surface area contributed by atoms with Crippen molar-refractivity contribution in [2.75, 3.05) is 26.2 Å². The highest BCUT2D eigenvalue weighted by atomic mass is 16.5. The number of hydrogen-bond acceptors (Lipinski definition) is 7. The van der Waals surface area contributed by atoms with E-state index in [0.29, 0.717) is 32.5 Å². The maximum atomic E-state index is 14.8. The molecule has 1 aliphatic heterocycles. The van der Waals surface area contributed by atoms with Crippen molar-refractivity contribution in [1.29, 1.82) is 0 Å². The highest BCUT2D eigenvalue weighted by Crippen LogP contribution is 2.41. The third kappa shape index (κ3) is 11.9. The molecule has 13 heteroatoms. The number of Topliss-reactive ketones (excluding diaryl/α,β-unsaturated/α-hetero) is 1. The minimum absolute atomic E-state index is 0.0142. The fraction of sp³-hybridized carbons (Fsp3) is 0.795.